The van der Waals surface area contributed by atoms with Crippen LogP contribution in [-0.4, -0.2) is 53.2 Å². The first-order valence-corrected chi connectivity index (χ1v) is 18.3. The number of pyridine rings is 2. The predicted octanol–water partition coefficient (Wildman–Crippen LogP) is 5.79. The molecule has 11 heteroatoms. The van der Waals surface area contributed by atoms with Crippen LogP contribution in [0.15, 0.2) is 88.9 Å². The minimum Gasteiger partial charge on any atom is -0.455 e. The van der Waals surface area contributed by atoms with Gasteiger partial charge < -0.3 is 24.6 Å². The van der Waals surface area contributed by atoms with E-state index < -0.39 is 21.2 Å². The number of hydrogen-bond acceptors (Lipinski definition) is 8. The van der Waals surface area contributed by atoms with E-state index in [9.17, 15) is 18.3 Å². The Labute approximate surface area is 287 Å². The van der Waals surface area contributed by atoms with E-state index in [0.717, 1.165) is 47.5 Å². The molecule has 3 aromatic heterocycles. The van der Waals surface area contributed by atoms with Crippen LogP contribution < -0.4 is 20.5 Å². The summed E-state index contributed by atoms with van der Waals surface area (Å²) < 4.78 is 36.4. The smallest absolute Gasteiger partial charge is 0.275 e. The number of anilines is 1. The lowest BCUT2D eigenvalue weighted by Gasteiger charge is -2.42. The lowest BCUT2D eigenvalue weighted by Crippen LogP contribution is -2.48. The molecule has 10 nitrogen and oxygen atoms in total. The molecule has 0 unspecified atom stereocenters. The van der Waals surface area contributed by atoms with Crippen molar-refractivity contribution in [2.24, 2.45) is 18.9 Å². The fraction of sp³-hybridized carbons (Fsp3) is 0.368. The standard InChI is InChI=1S/C38H43N5O5S/c1-25-5-9-30(10-6-25)49(46,47)43-18-15-31-33(24-41(4)37(44)36(31)43)32-20-28(38(2,3)45)7-11-34(32)48-29-8-12-35(40-21-29)42-22-27(23-42)19-26-13-16-39-17-14-26/h5-12,15,18,20-21,24,26-27,39,45H,13-14,16-17,19,22-23H2,1-4H3. The fourth-order valence-corrected chi connectivity index (χ4v) is 8.37. The van der Waals surface area contributed by atoms with Crippen molar-refractivity contribution in [2.45, 2.75) is 50.5 Å². The van der Waals surface area contributed by atoms with Gasteiger partial charge in [-0.25, -0.2) is 17.4 Å². The minimum atomic E-state index is -4.07. The molecule has 7 rings (SSSR count). The second-order valence-corrected chi connectivity index (χ2v) is 15.9. The second kappa shape index (κ2) is 12.8. The third-order valence-corrected chi connectivity index (χ3v) is 11.6. The lowest BCUT2D eigenvalue weighted by molar-refractivity contribution is 0.0786. The van der Waals surface area contributed by atoms with Crippen LogP contribution >= 0.6 is 0 Å². The molecule has 2 saturated heterocycles. The van der Waals surface area contributed by atoms with Crippen LogP contribution in [0.4, 0.5) is 5.82 Å². The number of aromatic nitrogens is 3. The summed E-state index contributed by atoms with van der Waals surface area (Å²) in [5, 5.41) is 14.8. The number of fused-ring (bicyclic) bond motifs is 1. The zero-order valence-corrected chi connectivity index (χ0v) is 29.2. The number of nitrogens with one attached hydrogen (secondary N) is 1. The quantitative estimate of drug-likeness (QED) is 0.201. The molecule has 0 atom stereocenters. The summed E-state index contributed by atoms with van der Waals surface area (Å²) in [7, 11) is -2.48. The Balaban J connectivity index is 1.21. The van der Waals surface area contributed by atoms with Crippen LogP contribution in [0.25, 0.3) is 22.0 Å². The molecule has 2 aromatic carbocycles. The molecular formula is C38H43N5O5S. The van der Waals surface area contributed by atoms with Gasteiger partial charge in [0.05, 0.1) is 16.7 Å². The summed E-state index contributed by atoms with van der Waals surface area (Å²) in [4.78, 5) is 20.7. The van der Waals surface area contributed by atoms with Gasteiger partial charge in [0, 0.05) is 49.0 Å². The van der Waals surface area contributed by atoms with Crippen molar-refractivity contribution in [3.63, 3.8) is 0 Å². The highest BCUT2D eigenvalue weighted by molar-refractivity contribution is 7.90. The average molecular weight is 682 g/mol. The SMILES string of the molecule is Cc1ccc(S(=O)(=O)n2ccc3c(-c4cc(C(C)(C)O)ccc4Oc4ccc(N5CC(CC6CCNCC6)C5)nc4)cn(C)c(=O)c32)cc1. The molecule has 2 fully saturated rings. The van der Waals surface area contributed by atoms with Crippen LogP contribution in [0.2, 0.25) is 0 Å². The summed E-state index contributed by atoms with van der Waals surface area (Å²) in [5.41, 5.74) is 1.15. The summed E-state index contributed by atoms with van der Waals surface area (Å²) >= 11 is 0. The topological polar surface area (TPSA) is 119 Å². The molecule has 0 saturated carbocycles. The van der Waals surface area contributed by atoms with E-state index in [0.29, 0.717) is 39.5 Å². The monoisotopic (exact) mass is 681 g/mol. The highest BCUT2D eigenvalue weighted by Gasteiger charge is 2.31. The van der Waals surface area contributed by atoms with Gasteiger partial charge in [0.25, 0.3) is 15.6 Å². The Morgan fingerprint density at radius 2 is 1.71 bits per heavy atom. The van der Waals surface area contributed by atoms with E-state index in [-0.39, 0.29) is 10.4 Å². The van der Waals surface area contributed by atoms with Crippen molar-refractivity contribution < 1.29 is 18.3 Å². The van der Waals surface area contributed by atoms with Gasteiger partial charge in [0.1, 0.15) is 22.8 Å². The molecule has 49 heavy (non-hydrogen) atoms. The number of ether oxygens (including phenoxy) is 1. The molecule has 5 aromatic rings. The van der Waals surface area contributed by atoms with Crippen molar-refractivity contribution in [1.82, 2.24) is 18.8 Å². The van der Waals surface area contributed by atoms with Gasteiger partial charge in [0.15, 0.2) is 0 Å². The van der Waals surface area contributed by atoms with E-state index in [4.69, 9.17) is 9.72 Å². The first kappa shape index (κ1) is 33.1. The highest BCUT2D eigenvalue weighted by Crippen LogP contribution is 2.40. The lowest BCUT2D eigenvalue weighted by atomic mass is 9.84. The Kier molecular flexibility index (Phi) is 8.62. The Morgan fingerprint density at radius 1 is 0.980 bits per heavy atom. The van der Waals surface area contributed by atoms with Crippen LogP contribution in [0.5, 0.6) is 11.5 Å². The molecule has 2 N–H and O–H groups in total. The summed E-state index contributed by atoms with van der Waals surface area (Å²) in [6.07, 6.45) is 8.62. The third-order valence-electron chi connectivity index (χ3n) is 9.90. The molecule has 0 spiro atoms. The zero-order valence-electron chi connectivity index (χ0n) is 28.4. The van der Waals surface area contributed by atoms with E-state index in [1.54, 1.807) is 75.8 Å². The largest absolute Gasteiger partial charge is 0.455 e. The summed E-state index contributed by atoms with van der Waals surface area (Å²) in [5.74, 6) is 3.45. The number of rotatable bonds is 9. The average Bonchev–Trinajstić information content (AvgIpc) is 3.52. The van der Waals surface area contributed by atoms with Crippen molar-refractivity contribution in [3.05, 3.63) is 101 Å². The van der Waals surface area contributed by atoms with Crippen LogP contribution in [0.3, 0.4) is 0 Å². The summed E-state index contributed by atoms with van der Waals surface area (Å²) in [6, 6.07) is 17.5. The van der Waals surface area contributed by atoms with Crippen LogP contribution in [0, 0.1) is 18.8 Å². The normalized spacial score (nSPS) is 16.2. The molecule has 256 valence electrons. The van der Waals surface area contributed by atoms with Crippen molar-refractivity contribution in [2.75, 3.05) is 31.1 Å². The molecule has 2 aliphatic heterocycles. The first-order valence-electron chi connectivity index (χ1n) is 16.9. The van der Waals surface area contributed by atoms with E-state index >= 15 is 0 Å². The van der Waals surface area contributed by atoms with Crippen molar-refractivity contribution >= 4 is 26.7 Å². The third kappa shape index (κ3) is 6.50. The zero-order chi connectivity index (χ0) is 34.5. The molecule has 0 amide bonds. The maximum absolute atomic E-state index is 13.8. The number of aryl methyl sites for hydroxylation is 2. The molecule has 2 aliphatic rings. The maximum Gasteiger partial charge on any atom is 0.275 e. The molecule has 0 radical (unpaired) electrons. The van der Waals surface area contributed by atoms with E-state index in [2.05, 4.69) is 10.2 Å². The predicted molar refractivity (Wildman–Crippen MR) is 192 cm³/mol. The van der Waals surface area contributed by atoms with Gasteiger partial charge >= 0.3 is 0 Å². The van der Waals surface area contributed by atoms with Gasteiger partial charge in [-0.3, -0.25) is 4.79 Å². The first-order chi connectivity index (χ1) is 23.4. The minimum absolute atomic E-state index is 0.0270. The van der Waals surface area contributed by atoms with Gasteiger partial charge in [-0.1, -0.05) is 23.8 Å². The molecular weight excluding hydrogens is 639 g/mol. The van der Waals surface area contributed by atoms with Gasteiger partial charge in [0.2, 0.25) is 0 Å². The van der Waals surface area contributed by atoms with Crippen molar-refractivity contribution in [1.29, 1.82) is 0 Å². The molecule has 0 aliphatic carbocycles. The van der Waals surface area contributed by atoms with Crippen LogP contribution in [-0.2, 0) is 22.7 Å². The van der Waals surface area contributed by atoms with Crippen molar-refractivity contribution in [3.8, 4) is 22.6 Å². The van der Waals surface area contributed by atoms with E-state index in [1.807, 2.05) is 25.1 Å². The number of hydrogen-bond donors (Lipinski definition) is 2. The number of benzene rings is 2. The Bertz CT molecular complexity index is 2150. The van der Waals surface area contributed by atoms with E-state index in [1.165, 1.54) is 30.0 Å². The van der Waals surface area contributed by atoms with Gasteiger partial charge in [-0.2, -0.15) is 0 Å². The van der Waals surface area contributed by atoms with Crippen LogP contribution in [0.1, 0.15) is 44.2 Å². The molecule has 5 heterocycles. The fourth-order valence-electron chi connectivity index (χ4n) is 7.02. The number of piperidine rings is 1. The number of nitrogens with zero attached hydrogens (tertiary/aromatic N) is 4. The summed E-state index contributed by atoms with van der Waals surface area (Å²) in [6.45, 7) is 9.56. The second-order valence-electron chi connectivity index (χ2n) is 14.1. The van der Waals surface area contributed by atoms with Gasteiger partial charge in [-0.15, -0.1) is 0 Å². The Hall–Kier alpha value is -4.45. The molecule has 0 bridgehead atoms. The maximum atomic E-state index is 13.8. The number of aliphatic hydroxyl groups is 1. The van der Waals surface area contributed by atoms with Gasteiger partial charge in [-0.05, 0) is 113 Å². The highest BCUT2D eigenvalue weighted by atomic mass is 32.2. The Morgan fingerprint density at radius 3 is 2.39 bits per heavy atom.